The minimum atomic E-state index is -3.17. The van der Waals surface area contributed by atoms with Crippen LogP contribution in [0.2, 0.25) is 0 Å². The summed E-state index contributed by atoms with van der Waals surface area (Å²) in [4.78, 5) is 27.3. The molecule has 1 saturated carbocycles. The maximum Gasteiger partial charge on any atom is 0.324 e. The Labute approximate surface area is 172 Å². The lowest BCUT2D eigenvalue weighted by Crippen LogP contribution is -2.29. The molecule has 3 amide bonds. The van der Waals surface area contributed by atoms with Crippen LogP contribution in [0.25, 0.3) is 0 Å². The van der Waals surface area contributed by atoms with E-state index >= 15 is 0 Å². The molecule has 9 heteroatoms. The summed E-state index contributed by atoms with van der Waals surface area (Å²) in [5.74, 6) is 1.29. The van der Waals surface area contributed by atoms with Gasteiger partial charge in [0, 0.05) is 18.2 Å². The monoisotopic (exact) mass is 425 g/mol. The molecule has 3 rings (SSSR count). The molecule has 1 aromatic rings. The number of aromatic amines is 1. The molecule has 1 aromatic heterocycles. The Balaban J connectivity index is 1.39. The molecule has 1 atom stereocenters. The van der Waals surface area contributed by atoms with Crippen molar-refractivity contribution in [3.05, 3.63) is 17.8 Å². The predicted octanol–water partition coefficient (Wildman–Crippen LogP) is 2.43. The van der Waals surface area contributed by atoms with Gasteiger partial charge in [-0.25, -0.2) is 13.2 Å². The second kappa shape index (κ2) is 9.65. The molecule has 0 radical (unpaired) electrons. The van der Waals surface area contributed by atoms with Gasteiger partial charge in [-0.1, -0.05) is 13.3 Å². The molecule has 1 saturated heterocycles. The Kier molecular flexibility index (Phi) is 7.21. The highest BCUT2D eigenvalue weighted by molar-refractivity contribution is 7.91. The number of hydrogen-bond acceptors (Lipinski definition) is 5. The van der Waals surface area contributed by atoms with Crippen LogP contribution in [0, 0.1) is 5.92 Å². The zero-order valence-electron chi connectivity index (χ0n) is 17.0. The summed E-state index contributed by atoms with van der Waals surface area (Å²) >= 11 is 0. The first-order chi connectivity index (χ1) is 13.9. The van der Waals surface area contributed by atoms with Crippen LogP contribution in [0.5, 0.6) is 5.88 Å². The standard InChI is InChI=1S/C20H31N3O5S/c1-2-16(17-8-9-19(21-17)28-13-15-6-7-15)14-29(26,27)11-5-3-4-10-23-12-18(24)22-20(23)25/h8-9,15-16,21H,2-7,10-14H2,1H3,(H,22,24,25). The summed E-state index contributed by atoms with van der Waals surface area (Å²) < 4.78 is 30.8. The van der Waals surface area contributed by atoms with Crippen LogP contribution in [0.15, 0.2) is 12.1 Å². The van der Waals surface area contributed by atoms with E-state index in [0.717, 1.165) is 18.7 Å². The third kappa shape index (κ3) is 6.76. The number of imide groups is 1. The van der Waals surface area contributed by atoms with Crippen molar-refractivity contribution in [3.8, 4) is 5.88 Å². The second-order valence-electron chi connectivity index (χ2n) is 8.09. The lowest BCUT2D eigenvalue weighted by molar-refractivity contribution is -0.118. The van der Waals surface area contributed by atoms with Crippen LogP contribution < -0.4 is 10.1 Å². The lowest BCUT2D eigenvalue weighted by Gasteiger charge is -2.15. The van der Waals surface area contributed by atoms with Gasteiger partial charge in [-0.05, 0) is 50.2 Å². The second-order valence-corrected chi connectivity index (χ2v) is 10.3. The number of H-pyrrole nitrogens is 1. The Bertz CT molecular complexity index is 816. The zero-order valence-corrected chi connectivity index (χ0v) is 17.8. The molecule has 2 heterocycles. The van der Waals surface area contributed by atoms with Gasteiger partial charge in [0.2, 0.25) is 5.91 Å². The van der Waals surface area contributed by atoms with E-state index in [9.17, 15) is 18.0 Å². The fourth-order valence-electron chi connectivity index (χ4n) is 3.49. The molecule has 0 bridgehead atoms. The van der Waals surface area contributed by atoms with Crippen molar-refractivity contribution in [2.45, 2.75) is 51.4 Å². The normalized spacial score (nSPS) is 18.2. The number of nitrogens with zero attached hydrogens (tertiary/aromatic N) is 1. The molecule has 8 nitrogen and oxygen atoms in total. The molecular weight excluding hydrogens is 394 g/mol. The van der Waals surface area contributed by atoms with E-state index in [2.05, 4.69) is 10.3 Å². The number of rotatable bonds is 13. The summed E-state index contributed by atoms with van der Waals surface area (Å²) in [5.41, 5.74) is 0.909. The number of aromatic nitrogens is 1. The first kappa shape index (κ1) is 21.7. The van der Waals surface area contributed by atoms with Crippen molar-refractivity contribution in [2.75, 3.05) is 31.2 Å². The van der Waals surface area contributed by atoms with Crippen LogP contribution in [-0.4, -0.2) is 61.4 Å². The molecular formula is C20H31N3O5S. The van der Waals surface area contributed by atoms with E-state index in [-0.39, 0.29) is 35.9 Å². The summed E-state index contributed by atoms with van der Waals surface area (Å²) in [6.07, 6.45) is 5.14. The van der Waals surface area contributed by atoms with Crippen molar-refractivity contribution in [1.29, 1.82) is 0 Å². The molecule has 2 aliphatic rings. The van der Waals surface area contributed by atoms with Crippen LogP contribution >= 0.6 is 0 Å². The van der Waals surface area contributed by atoms with Gasteiger partial charge in [0.1, 0.15) is 6.54 Å². The van der Waals surface area contributed by atoms with Crippen molar-refractivity contribution in [3.63, 3.8) is 0 Å². The highest BCUT2D eigenvalue weighted by Gasteiger charge is 2.26. The molecule has 1 unspecified atom stereocenters. The number of urea groups is 1. The fraction of sp³-hybridized carbons (Fsp3) is 0.700. The van der Waals surface area contributed by atoms with E-state index < -0.39 is 9.84 Å². The molecule has 1 aliphatic heterocycles. The summed E-state index contributed by atoms with van der Waals surface area (Å²) in [5, 5.41) is 2.23. The number of ether oxygens (including phenoxy) is 1. The zero-order chi connectivity index (χ0) is 20.9. The molecule has 29 heavy (non-hydrogen) atoms. The number of unbranched alkanes of at least 4 members (excludes halogenated alkanes) is 2. The summed E-state index contributed by atoms with van der Waals surface area (Å²) in [6, 6.07) is 3.44. The topological polar surface area (TPSA) is 109 Å². The quantitative estimate of drug-likeness (QED) is 0.373. The largest absolute Gasteiger partial charge is 0.479 e. The van der Waals surface area contributed by atoms with E-state index in [1.54, 1.807) is 0 Å². The number of hydrogen-bond donors (Lipinski definition) is 2. The van der Waals surface area contributed by atoms with Gasteiger partial charge in [0.25, 0.3) is 0 Å². The number of nitrogens with one attached hydrogen (secondary N) is 2. The first-order valence-corrected chi connectivity index (χ1v) is 12.3. The van der Waals surface area contributed by atoms with Crippen LogP contribution in [-0.2, 0) is 14.6 Å². The minimum Gasteiger partial charge on any atom is -0.479 e. The molecule has 0 spiro atoms. The highest BCUT2D eigenvalue weighted by Crippen LogP contribution is 2.30. The smallest absolute Gasteiger partial charge is 0.324 e. The molecule has 2 fully saturated rings. The molecule has 0 aromatic carbocycles. The predicted molar refractivity (Wildman–Crippen MR) is 110 cm³/mol. The molecule has 2 N–H and O–H groups in total. The van der Waals surface area contributed by atoms with Gasteiger partial charge in [0.15, 0.2) is 15.7 Å². The Morgan fingerprint density at radius 1 is 1.21 bits per heavy atom. The highest BCUT2D eigenvalue weighted by atomic mass is 32.2. The lowest BCUT2D eigenvalue weighted by atomic mass is 10.1. The Morgan fingerprint density at radius 2 is 2.00 bits per heavy atom. The van der Waals surface area contributed by atoms with Crippen LogP contribution in [0.4, 0.5) is 4.79 Å². The van der Waals surface area contributed by atoms with E-state index in [0.29, 0.717) is 37.6 Å². The van der Waals surface area contributed by atoms with E-state index in [1.165, 1.54) is 17.7 Å². The SMILES string of the molecule is CCC(CS(=O)(=O)CCCCCN1CC(=O)NC1=O)c1ccc(OCC2CC2)[nH]1. The van der Waals surface area contributed by atoms with Crippen molar-refractivity contribution in [1.82, 2.24) is 15.2 Å². The average Bonchev–Trinajstić information content (AvgIpc) is 3.29. The Morgan fingerprint density at radius 3 is 2.66 bits per heavy atom. The molecule has 1 aliphatic carbocycles. The number of carbonyl (C=O) groups is 2. The summed E-state index contributed by atoms with van der Waals surface area (Å²) in [7, 11) is -3.17. The van der Waals surface area contributed by atoms with E-state index in [1.807, 2.05) is 19.1 Å². The molecule has 162 valence electrons. The van der Waals surface area contributed by atoms with Crippen LogP contribution in [0.3, 0.4) is 0 Å². The van der Waals surface area contributed by atoms with Gasteiger partial charge in [-0.15, -0.1) is 0 Å². The van der Waals surface area contributed by atoms with Crippen molar-refractivity contribution >= 4 is 21.8 Å². The maximum absolute atomic E-state index is 12.6. The number of amides is 3. The fourth-order valence-corrected chi connectivity index (χ4v) is 5.33. The number of carbonyl (C=O) groups excluding carboxylic acids is 2. The summed E-state index contributed by atoms with van der Waals surface area (Å²) in [6.45, 7) is 3.29. The Hall–Kier alpha value is -2.03. The minimum absolute atomic E-state index is 0.0717. The number of sulfone groups is 1. The maximum atomic E-state index is 12.6. The van der Waals surface area contributed by atoms with Gasteiger partial charge in [0.05, 0.1) is 18.1 Å². The van der Waals surface area contributed by atoms with Crippen molar-refractivity contribution in [2.24, 2.45) is 5.92 Å². The van der Waals surface area contributed by atoms with E-state index in [4.69, 9.17) is 4.74 Å². The van der Waals surface area contributed by atoms with Crippen LogP contribution in [0.1, 0.15) is 57.1 Å². The van der Waals surface area contributed by atoms with Gasteiger partial charge >= 0.3 is 6.03 Å². The van der Waals surface area contributed by atoms with Gasteiger partial charge < -0.3 is 14.6 Å². The average molecular weight is 426 g/mol. The first-order valence-electron chi connectivity index (χ1n) is 10.5. The third-order valence-electron chi connectivity index (χ3n) is 5.49. The van der Waals surface area contributed by atoms with Gasteiger partial charge in [-0.3, -0.25) is 10.1 Å². The third-order valence-corrected chi connectivity index (χ3v) is 7.31. The van der Waals surface area contributed by atoms with Crippen molar-refractivity contribution < 1.29 is 22.7 Å². The van der Waals surface area contributed by atoms with Gasteiger partial charge in [-0.2, -0.15) is 0 Å².